The molecule has 0 saturated carbocycles. The fourth-order valence-electron chi connectivity index (χ4n) is 2.72. The van der Waals surface area contributed by atoms with E-state index in [-0.39, 0.29) is 24.5 Å². The van der Waals surface area contributed by atoms with E-state index in [0.717, 1.165) is 30.8 Å². The van der Waals surface area contributed by atoms with E-state index >= 15 is 0 Å². The Hall–Kier alpha value is -1.90. The molecule has 1 aromatic rings. The Labute approximate surface area is 161 Å². The van der Waals surface area contributed by atoms with Crippen LogP contribution in [0.25, 0.3) is 6.08 Å². The molecule has 2 fully saturated rings. The quantitative estimate of drug-likeness (QED) is 0.591. The van der Waals surface area contributed by atoms with E-state index in [4.69, 9.17) is 21.7 Å². The van der Waals surface area contributed by atoms with Gasteiger partial charge in [-0.25, -0.2) is 0 Å². The summed E-state index contributed by atoms with van der Waals surface area (Å²) in [5.74, 6) is 0.267. The number of nitrogens with one attached hydrogen (secondary N) is 1. The van der Waals surface area contributed by atoms with Crippen molar-refractivity contribution in [1.82, 2.24) is 10.2 Å². The lowest BCUT2D eigenvalue weighted by Gasteiger charge is -2.15. The molecule has 0 unspecified atom stereocenters. The summed E-state index contributed by atoms with van der Waals surface area (Å²) in [5, 5.41) is 2.81. The minimum absolute atomic E-state index is 0.0695. The van der Waals surface area contributed by atoms with Crippen LogP contribution in [0.15, 0.2) is 29.2 Å². The molecule has 3 rings (SSSR count). The smallest absolute Gasteiger partial charge is 0.266 e. The molecule has 1 atom stereocenters. The minimum atomic E-state index is -0.247. The van der Waals surface area contributed by atoms with Crippen molar-refractivity contribution in [3.8, 4) is 5.75 Å². The minimum Gasteiger partial charge on any atom is -0.497 e. The third-order valence-electron chi connectivity index (χ3n) is 4.14. The van der Waals surface area contributed by atoms with Gasteiger partial charge in [0.2, 0.25) is 5.91 Å². The van der Waals surface area contributed by atoms with Gasteiger partial charge in [-0.2, -0.15) is 0 Å². The standard InChI is InChI=1S/C18H20N2O4S2/c1-23-13-6-4-12(5-7-13)9-15-17(22)20(18(25)26-15)11-16(21)19-10-14-3-2-8-24-14/h4-7,9,14H,2-3,8,10-11H2,1H3,(H,19,21)/b15-9-/t14-/m0/s1. The van der Waals surface area contributed by atoms with Crippen molar-refractivity contribution in [2.75, 3.05) is 26.8 Å². The maximum Gasteiger partial charge on any atom is 0.266 e. The van der Waals surface area contributed by atoms with Crippen LogP contribution in [0.4, 0.5) is 0 Å². The molecule has 0 bridgehead atoms. The highest BCUT2D eigenvalue weighted by molar-refractivity contribution is 8.26. The van der Waals surface area contributed by atoms with Gasteiger partial charge in [0, 0.05) is 13.2 Å². The van der Waals surface area contributed by atoms with E-state index in [9.17, 15) is 9.59 Å². The van der Waals surface area contributed by atoms with Crippen LogP contribution in [0.1, 0.15) is 18.4 Å². The lowest BCUT2D eigenvalue weighted by atomic mass is 10.2. The number of ether oxygens (including phenoxy) is 2. The number of carbonyl (C=O) groups excluding carboxylic acids is 2. The molecule has 2 amide bonds. The predicted molar refractivity (Wildman–Crippen MR) is 105 cm³/mol. The first-order valence-electron chi connectivity index (χ1n) is 8.34. The van der Waals surface area contributed by atoms with Crippen LogP contribution in [0.2, 0.25) is 0 Å². The maximum absolute atomic E-state index is 12.6. The second-order valence-corrected chi connectivity index (χ2v) is 7.66. The average Bonchev–Trinajstić information content (AvgIpc) is 3.25. The van der Waals surface area contributed by atoms with Crippen LogP contribution in [-0.2, 0) is 14.3 Å². The van der Waals surface area contributed by atoms with Crippen molar-refractivity contribution in [3.05, 3.63) is 34.7 Å². The second-order valence-electron chi connectivity index (χ2n) is 5.98. The molecule has 0 aromatic heterocycles. The van der Waals surface area contributed by atoms with Crippen LogP contribution in [-0.4, -0.2) is 53.9 Å². The summed E-state index contributed by atoms with van der Waals surface area (Å²) < 4.78 is 11.0. The third-order valence-corrected chi connectivity index (χ3v) is 5.52. The molecule has 1 N–H and O–H groups in total. The first kappa shape index (κ1) is 18.9. The number of thiocarbonyl (C=S) groups is 1. The Balaban J connectivity index is 1.58. The van der Waals surface area contributed by atoms with Crippen LogP contribution in [0.3, 0.4) is 0 Å². The van der Waals surface area contributed by atoms with Gasteiger partial charge in [-0.1, -0.05) is 36.1 Å². The Morgan fingerprint density at radius 2 is 2.23 bits per heavy atom. The number of amides is 2. The molecule has 138 valence electrons. The van der Waals surface area contributed by atoms with Crippen molar-refractivity contribution in [3.63, 3.8) is 0 Å². The zero-order valence-corrected chi connectivity index (χ0v) is 16.0. The van der Waals surface area contributed by atoms with E-state index in [0.29, 0.717) is 15.8 Å². The van der Waals surface area contributed by atoms with E-state index in [1.54, 1.807) is 13.2 Å². The lowest BCUT2D eigenvalue weighted by molar-refractivity contribution is -0.129. The Kier molecular flexibility index (Phi) is 6.29. The largest absolute Gasteiger partial charge is 0.497 e. The number of nitrogens with zero attached hydrogens (tertiary/aromatic N) is 1. The van der Waals surface area contributed by atoms with Gasteiger partial charge in [-0.05, 0) is 36.6 Å². The van der Waals surface area contributed by atoms with Gasteiger partial charge in [0.15, 0.2) is 0 Å². The highest BCUT2D eigenvalue weighted by Gasteiger charge is 2.33. The molecule has 0 aliphatic carbocycles. The van der Waals surface area contributed by atoms with Crippen molar-refractivity contribution in [2.45, 2.75) is 18.9 Å². The Morgan fingerprint density at radius 1 is 1.46 bits per heavy atom. The number of carbonyl (C=O) groups is 2. The molecule has 2 aliphatic rings. The summed E-state index contributed by atoms with van der Waals surface area (Å²) in [4.78, 5) is 26.5. The Bertz CT molecular complexity index is 727. The maximum atomic E-state index is 12.6. The average molecular weight is 393 g/mol. The van der Waals surface area contributed by atoms with Gasteiger partial charge in [0.05, 0.1) is 18.1 Å². The highest BCUT2D eigenvalue weighted by atomic mass is 32.2. The zero-order valence-electron chi connectivity index (χ0n) is 14.4. The van der Waals surface area contributed by atoms with Gasteiger partial charge in [0.1, 0.15) is 16.6 Å². The van der Waals surface area contributed by atoms with Crippen LogP contribution in [0, 0.1) is 0 Å². The van der Waals surface area contributed by atoms with Crippen molar-refractivity contribution < 1.29 is 19.1 Å². The van der Waals surface area contributed by atoms with Crippen LogP contribution >= 0.6 is 24.0 Å². The molecular formula is C18H20N2O4S2. The summed E-state index contributed by atoms with van der Waals surface area (Å²) >= 11 is 6.47. The van der Waals surface area contributed by atoms with Crippen molar-refractivity contribution in [1.29, 1.82) is 0 Å². The number of benzene rings is 1. The third kappa shape index (κ3) is 4.63. The van der Waals surface area contributed by atoms with Gasteiger partial charge < -0.3 is 14.8 Å². The van der Waals surface area contributed by atoms with Crippen molar-refractivity contribution >= 4 is 46.2 Å². The van der Waals surface area contributed by atoms with Gasteiger partial charge in [0.25, 0.3) is 5.91 Å². The monoisotopic (exact) mass is 392 g/mol. The number of hydrogen-bond acceptors (Lipinski definition) is 6. The van der Waals surface area contributed by atoms with E-state index in [2.05, 4.69) is 5.32 Å². The molecular weight excluding hydrogens is 372 g/mol. The van der Waals surface area contributed by atoms with Crippen LogP contribution < -0.4 is 10.1 Å². The first-order valence-corrected chi connectivity index (χ1v) is 9.57. The summed E-state index contributed by atoms with van der Waals surface area (Å²) in [6.07, 6.45) is 3.81. The highest BCUT2D eigenvalue weighted by Crippen LogP contribution is 2.32. The zero-order chi connectivity index (χ0) is 18.5. The van der Waals surface area contributed by atoms with E-state index in [1.807, 2.05) is 24.3 Å². The number of rotatable bonds is 6. The molecule has 0 radical (unpaired) electrons. The molecule has 2 aliphatic heterocycles. The normalized spacial score (nSPS) is 21.5. The van der Waals surface area contributed by atoms with E-state index < -0.39 is 0 Å². The summed E-state index contributed by atoms with van der Waals surface area (Å²) in [6, 6.07) is 7.37. The topological polar surface area (TPSA) is 67.9 Å². The number of methoxy groups -OCH3 is 1. The molecule has 0 spiro atoms. The molecule has 6 nitrogen and oxygen atoms in total. The lowest BCUT2D eigenvalue weighted by Crippen LogP contribution is -2.41. The summed E-state index contributed by atoms with van der Waals surface area (Å²) in [6.45, 7) is 1.14. The molecule has 1 aromatic carbocycles. The van der Waals surface area contributed by atoms with Crippen LogP contribution in [0.5, 0.6) is 5.75 Å². The van der Waals surface area contributed by atoms with E-state index in [1.165, 1.54) is 16.7 Å². The molecule has 26 heavy (non-hydrogen) atoms. The summed E-state index contributed by atoms with van der Waals surface area (Å²) in [5.41, 5.74) is 0.870. The fourth-order valence-corrected chi connectivity index (χ4v) is 3.98. The number of thioether (sulfide) groups is 1. The van der Waals surface area contributed by atoms with Crippen molar-refractivity contribution in [2.24, 2.45) is 0 Å². The van der Waals surface area contributed by atoms with Gasteiger partial charge in [-0.15, -0.1) is 0 Å². The second kappa shape index (κ2) is 8.66. The van der Waals surface area contributed by atoms with Gasteiger partial charge >= 0.3 is 0 Å². The predicted octanol–water partition coefficient (Wildman–Crippen LogP) is 2.19. The summed E-state index contributed by atoms with van der Waals surface area (Å²) in [7, 11) is 1.60. The SMILES string of the molecule is COc1ccc(/C=C2\SC(=S)N(CC(=O)NC[C@@H]3CCCO3)C2=O)cc1. The fraction of sp³-hybridized carbons (Fsp3) is 0.389. The van der Waals surface area contributed by atoms with Gasteiger partial charge in [-0.3, -0.25) is 14.5 Å². The molecule has 2 saturated heterocycles. The molecule has 2 heterocycles. The first-order chi connectivity index (χ1) is 12.6. The number of hydrogen-bond donors (Lipinski definition) is 1. The Morgan fingerprint density at radius 3 is 2.88 bits per heavy atom. The molecule has 8 heteroatoms.